The molecular formula is C21H26N2O4S. The van der Waals surface area contributed by atoms with Gasteiger partial charge in [-0.15, -0.1) is 0 Å². The lowest BCUT2D eigenvalue weighted by Crippen LogP contribution is -2.32. The van der Waals surface area contributed by atoms with Crippen LogP contribution in [0, 0.1) is 0 Å². The molecule has 2 N–H and O–H groups in total. The van der Waals surface area contributed by atoms with Gasteiger partial charge in [-0.05, 0) is 48.6 Å². The van der Waals surface area contributed by atoms with Crippen molar-refractivity contribution in [2.75, 3.05) is 17.9 Å². The first-order valence-corrected chi connectivity index (χ1v) is 11.0. The normalized spacial score (nSPS) is 16.9. The summed E-state index contributed by atoms with van der Waals surface area (Å²) in [5, 5.41) is 2.83. The smallest absolute Gasteiger partial charge is 0.261 e. The lowest BCUT2D eigenvalue weighted by atomic mass is 10.0. The van der Waals surface area contributed by atoms with E-state index in [0.717, 1.165) is 18.4 Å². The largest absolute Gasteiger partial charge is 0.376 e. The zero-order chi connectivity index (χ0) is 20.1. The molecule has 28 heavy (non-hydrogen) atoms. The first-order valence-electron chi connectivity index (χ1n) is 9.48. The molecule has 2 aromatic carbocycles. The summed E-state index contributed by atoms with van der Waals surface area (Å²) < 4.78 is 33.6. The Morgan fingerprint density at radius 1 is 1.14 bits per heavy atom. The SMILES string of the molecule is CC(C)c1ccc(S(=O)(=O)Nc2ccccc2C(=O)NCC2CCCO2)cc1. The van der Waals surface area contributed by atoms with E-state index >= 15 is 0 Å². The highest BCUT2D eigenvalue weighted by atomic mass is 32.2. The number of carbonyl (C=O) groups excluding carboxylic acids is 1. The number of benzene rings is 2. The van der Waals surface area contributed by atoms with Gasteiger partial charge in [0.2, 0.25) is 0 Å². The van der Waals surface area contributed by atoms with Gasteiger partial charge in [-0.1, -0.05) is 38.1 Å². The molecule has 1 unspecified atom stereocenters. The lowest BCUT2D eigenvalue weighted by Gasteiger charge is -2.15. The fourth-order valence-electron chi connectivity index (χ4n) is 3.11. The summed E-state index contributed by atoms with van der Waals surface area (Å²) in [6, 6.07) is 13.4. The highest BCUT2D eigenvalue weighted by molar-refractivity contribution is 7.92. The molecule has 1 atom stereocenters. The summed E-state index contributed by atoms with van der Waals surface area (Å²) in [5.41, 5.74) is 1.59. The van der Waals surface area contributed by atoms with Crippen molar-refractivity contribution in [1.29, 1.82) is 0 Å². The molecule has 0 aromatic heterocycles. The van der Waals surface area contributed by atoms with Crippen LogP contribution in [0.2, 0.25) is 0 Å². The minimum absolute atomic E-state index is 0.0206. The van der Waals surface area contributed by atoms with Gasteiger partial charge in [-0.3, -0.25) is 9.52 Å². The second kappa shape index (κ2) is 8.75. The zero-order valence-electron chi connectivity index (χ0n) is 16.1. The van der Waals surface area contributed by atoms with E-state index < -0.39 is 10.0 Å². The van der Waals surface area contributed by atoms with Crippen LogP contribution in [0.1, 0.15) is 48.5 Å². The Kier molecular flexibility index (Phi) is 6.36. The molecule has 0 radical (unpaired) electrons. The van der Waals surface area contributed by atoms with Gasteiger partial charge in [0, 0.05) is 13.2 Å². The number of carbonyl (C=O) groups is 1. The van der Waals surface area contributed by atoms with E-state index in [-0.39, 0.29) is 28.2 Å². The number of nitrogens with one attached hydrogen (secondary N) is 2. The van der Waals surface area contributed by atoms with Crippen LogP contribution in [0.15, 0.2) is 53.4 Å². The van der Waals surface area contributed by atoms with Gasteiger partial charge in [0.1, 0.15) is 0 Å². The first-order chi connectivity index (χ1) is 13.4. The van der Waals surface area contributed by atoms with Gasteiger partial charge >= 0.3 is 0 Å². The number of ether oxygens (including phenoxy) is 1. The second-order valence-corrected chi connectivity index (χ2v) is 8.90. The maximum absolute atomic E-state index is 12.8. The van der Waals surface area contributed by atoms with Crippen LogP contribution in [0.4, 0.5) is 5.69 Å². The maximum atomic E-state index is 12.8. The van der Waals surface area contributed by atoms with E-state index in [0.29, 0.717) is 19.1 Å². The topological polar surface area (TPSA) is 84.5 Å². The van der Waals surface area contributed by atoms with Crippen molar-refractivity contribution in [3.8, 4) is 0 Å². The van der Waals surface area contributed by atoms with Crippen molar-refractivity contribution in [1.82, 2.24) is 5.32 Å². The van der Waals surface area contributed by atoms with E-state index in [1.807, 2.05) is 13.8 Å². The predicted octanol–water partition coefficient (Wildman–Crippen LogP) is 3.52. The predicted molar refractivity (Wildman–Crippen MR) is 109 cm³/mol. The highest BCUT2D eigenvalue weighted by Crippen LogP contribution is 2.22. The molecule has 2 aromatic rings. The summed E-state index contributed by atoms with van der Waals surface area (Å²) in [7, 11) is -3.80. The third-order valence-corrected chi connectivity index (χ3v) is 6.17. The van der Waals surface area contributed by atoms with Crippen LogP contribution in [-0.4, -0.2) is 33.6 Å². The summed E-state index contributed by atoms with van der Waals surface area (Å²) in [6.45, 7) is 5.23. The van der Waals surface area contributed by atoms with Gasteiger partial charge in [-0.25, -0.2) is 8.42 Å². The molecule has 1 heterocycles. The van der Waals surface area contributed by atoms with E-state index in [2.05, 4.69) is 10.0 Å². The number of anilines is 1. The Balaban J connectivity index is 1.75. The molecule has 150 valence electrons. The fourth-order valence-corrected chi connectivity index (χ4v) is 4.19. The molecule has 1 aliphatic heterocycles. The summed E-state index contributed by atoms with van der Waals surface area (Å²) in [4.78, 5) is 12.7. The standard InChI is InChI=1S/C21H26N2O4S/c1-15(2)16-9-11-18(12-10-16)28(25,26)23-20-8-4-3-7-19(20)21(24)22-14-17-6-5-13-27-17/h3-4,7-12,15,17,23H,5-6,13-14H2,1-2H3,(H,22,24). The average Bonchev–Trinajstić information content (AvgIpc) is 3.20. The summed E-state index contributed by atoms with van der Waals surface area (Å²) in [5.74, 6) is -0.0121. The van der Waals surface area contributed by atoms with Crippen LogP contribution in [0.3, 0.4) is 0 Å². The molecule has 1 aliphatic rings. The van der Waals surface area contributed by atoms with Gasteiger partial charge in [0.25, 0.3) is 15.9 Å². The second-order valence-electron chi connectivity index (χ2n) is 7.22. The van der Waals surface area contributed by atoms with Gasteiger partial charge in [0.15, 0.2) is 0 Å². The molecule has 3 rings (SSSR count). The van der Waals surface area contributed by atoms with Crippen molar-refractivity contribution < 1.29 is 17.9 Å². The number of rotatable bonds is 7. The summed E-state index contributed by atoms with van der Waals surface area (Å²) >= 11 is 0. The number of hydrogen-bond acceptors (Lipinski definition) is 4. The third-order valence-electron chi connectivity index (χ3n) is 4.79. The van der Waals surface area contributed by atoms with Gasteiger partial charge < -0.3 is 10.1 Å². The van der Waals surface area contributed by atoms with Gasteiger partial charge in [-0.2, -0.15) is 0 Å². The van der Waals surface area contributed by atoms with Crippen molar-refractivity contribution in [2.24, 2.45) is 0 Å². The van der Waals surface area contributed by atoms with Crippen LogP contribution >= 0.6 is 0 Å². The molecule has 0 aliphatic carbocycles. The third kappa shape index (κ3) is 4.91. The Bertz CT molecular complexity index is 918. The van der Waals surface area contributed by atoms with Crippen molar-refractivity contribution >= 4 is 21.6 Å². The molecule has 1 fully saturated rings. The number of amides is 1. The molecule has 1 amide bonds. The van der Waals surface area contributed by atoms with Crippen molar-refractivity contribution in [2.45, 2.75) is 43.6 Å². The molecular weight excluding hydrogens is 376 g/mol. The first kappa shape index (κ1) is 20.4. The molecule has 7 heteroatoms. The number of sulfonamides is 1. The quantitative estimate of drug-likeness (QED) is 0.742. The van der Waals surface area contributed by atoms with E-state index in [4.69, 9.17) is 4.74 Å². The average molecular weight is 403 g/mol. The van der Waals surface area contributed by atoms with Crippen LogP contribution in [0.5, 0.6) is 0 Å². The fraction of sp³-hybridized carbons (Fsp3) is 0.381. The molecule has 0 bridgehead atoms. The lowest BCUT2D eigenvalue weighted by molar-refractivity contribution is 0.0858. The Morgan fingerprint density at radius 3 is 2.50 bits per heavy atom. The monoisotopic (exact) mass is 402 g/mol. The van der Waals surface area contributed by atoms with Crippen LogP contribution < -0.4 is 10.0 Å². The molecule has 0 spiro atoms. The van der Waals surface area contributed by atoms with Crippen LogP contribution in [0.25, 0.3) is 0 Å². The van der Waals surface area contributed by atoms with Crippen molar-refractivity contribution in [3.63, 3.8) is 0 Å². The number of hydrogen-bond donors (Lipinski definition) is 2. The van der Waals surface area contributed by atoms with E-state index in [9.17, 15) is 13.2 Å². The molecule has 0 saturated carbocycles. The van der Waals surface area contributed by atoms with E-state index in [1.165, 1.54) is 0 Å². The minimum Gasteiger partial charge on any atom is -0.376 e. The van der Waals surface area contributed by atoms with Crippen LogP contribution in [-0.2, 0) is 14.8 Å². The maximum Gasteiger partial charge on any atom is 0.261 e. The minimum atomic E-state index is -3.80. The molecule has 6 nitrogen and oxygen atoms in total. The Morgan fingerprint density at radius 2 is 1.86 bits per heavy atom. The van der Waals surface area contributed by atoms with Gasteiger partial charge in [0.05, 0.1) is 22.3 Å². The van der Waals surface area contributed by atoms with E-state index in [1.54, 1.807) is 48.5 Å². The Hall–Kier alpha value is -2.38. The zero-order valence-corrected chi connectivity index (χ0v) is 17.0. The Labute approximate surface area is 166 Å². The summed E-state index contributed by atoms with van der Waals surface area (Å²) in [6.07, 6.45) is 1.93. The number of para-hydroxylation sites is 1. The molecule has 1 saturated heterocycles. The van der Waals surface area contributed by atoms with Crippen molar-refractivity contribution in [3.05, 3.63) is 59.7 Å². The highest BCUT2D eigenvalue weighted by Gasteiger charge is 2.20.